The standard InChI is InChI=1S/C12H14O4.Na/c1-3-16-10-6-4-9(5-7-12(13)14)8-11(10)15-2;/h4-8H,3H2,1-2H3,(H,13,14);/q;+1/p-1/b7-5+;. The van der Waals surface area contributed by atoms with Crippen molar-refractivity contribution in [1.82, 2.24) is 0 Å². The number of carbonyl (C=O) groups excluding carboxylic acids is 1. The van der Waals surface area contributed by atoms with Gasteiger partial charge in [0.05, 0.1) is 19.7 Å². The predicted molar refractivity (Wildman–Crippen MR) is 58.2 cm³/mol. The second-order valence-electron chi connectivity index (χ2n) is 3.00. The predicted octanol–water partition coefficient (Wildman–Crippen LogP) is -2.14. The molecule has 0 N–H and O–H groups in total. The van der Waals surface area contributed by atoms with Crippen LogP contribution in [0.5, 0.6) is 11.5 Å². The molecule has 0 aliphatic carbocycles. The molecule has 0 amide bonds. The van der Waals surface area contributed by atoms with E-state index in [2.05, 4.69) is 0 Å². The van der Waals surface area contributed by atoms with Crippen molar-refractivity contribution >= 4 is 12.0 Å². The van der Waals surface area contributed by atoms with E-state index in [-0.39, 0.29) is 29.6 Å². The number of methoxy groups -OCH3 is 1. The minimum Gasteiger partial charge on any atom is -0.545 e. The van der Waals surface area contributed by atoms with E-state index in [0.717, 1.165) is 6.08 Å². The summed E-state index contributed by atoms with van der Waals surface area (Å²) in [5.74, 6) is -0.0224. The number of carboxylic acid groups (broad SMARTS) is 1. The molecular formula is C12H13NaO4. The molecule has 1 rings (SSSR count). The Hall–Kier alpha value is -0.970. The Bertz CT molecular complexity index is 401. The fourth-order valence-corrected chi connectivity index (χ4v) is 1.23. The van der Waals surface area contributed by atoms with Crippen LogP contribution in [-0.2, 0) is 4.79 Å². The van der Waals surface area contributed by atoms with E-state index in [9.17, 15) is 9.90 Å². The Morgan fingerprint density at radius 3 is 2.65 bits per heavy atom. The van der Waals surface area contributed by atoms with Gasteiger partial charge in [-0.1, -0.05) is 12.1 Å². The summed E-state index contributed by atoms with van der Waals surface area (Å²) >= 11 is 0. The van der Waals surface area contributed by atoms with Crippen LogP contribution in [0.3, 0.4) is 0 Å². The third kappa shape index (κ3) is 5.26. The first-order valence-electron chi connectivity index (χ1n) is 4.87. The Morgan fingerprint density at radius 2 is 2.12 bits per heavy atom. The summed E-state index contributed by atoms with van der Waals surface area (Å²) in [6, 6.07) is 5.18. The van der Waals surface area contributed by atoms with Gasteiger partial charge >= 0.3 is 29.6 Å². The van der Waals surface area contributed by atoms with Crippen LogP contribution < -0.4 is 44.1 Å². The van der Waals surface area contributed by atoms with Crippen LogP contribution in [0, 0.1) is 0 Å². The van der Waals surface area contributed by atoms with Crippen LogP contribution in [0.4, 0.5) is 0 Å². The Morgan fingerprint density at radius 1 is 1.41 bits per heavy atom. The fraction of sp³-hybridized carbons (Fsp3) is 0.250. The number of carboxylic acids is 1. The second-order valence-corrected chi connectivity index (χ2v) is 3.00. The van der Waals surface area contributed by atoms with Gasteiger partial charge in [-0.2, -0.15) is 0 Å². The molecule has 86 valence electrons. The van der Waals surface area contributed by atoms with Crippen LogP contribution >= 0.6 is 0 Å². The zero-order valence-electron chi connectivity index (χ0n) is 10.2. The number of benzene rings is 1. The van der Waals surface area contributed by atoms with E-state index in [4.69, 9.17) is 9.47 Å². The first-order valence-corrected chi connectivity index (χ1v) is 4.87. The van der Waals surface area contributed by atoms with Crippen LogP contribution in [0.15, 0.2) is 24.3 Å². The van der Waals surface area contributed by atoms with Crippen LogP contribution in [0.25, 0.3) is 6.08 Å². The molecule has 17 heavy (non-hydrogen) atoms. The molecule has 0 heterocycles. The molecule has 0 aromatic heterocycles. The summed E-state index contributed by atoms with van der Waals surface area (Å²) in [7, 11) is 1.53. The topological polar surface area (TPSA) is 58.6 Å². The van der Waals surface area contributed by atoms with Gasteiger partial charge in [0, 0.05) is 0 Å². The van der Waals surface area contributed by atoms with E-state index >= 15 is 0 Å². The van der Waals surface area contributed by atoms with Crippen molar-refractivity contribution in [2.45, 2.75) is 6.92 Å². The zero-order valence-corrected chi connectivity index (χ0v) is 12.2. The fourth-order valence-electron chi connectivity index (χ4n) is 1.23. The maximum atomic E-state index is 10.2. The molecular weight excluding hydrogens is 231 g/mol. The SMILES string of the molecule is CCOc1ccc(/C=C/C(=O)[O-])cc1OC.[Na+]. The summed E-state index contributed by atoms with van der Waals surface area (Å²) in [5, 5.41) is 10.2. The molecule has 0 bridgehead atoms. The molecule has 0 radical (unpaired) electrons. The van der Waals surface area contributed by atoms with Gasteiger partial charge in [-0.3, -0.25) is 0 Å². The number of hydrogen-bond acceptors (Lipinski definition) is 4. The summed E-state index contributed by atoms with van der Waals surface area (Å²) in [6.45, 7) is 2.42. The summed E-state index contributed by atoms with van der Waals surface area (Å²) < 4.78 is 10.5. The summed E-state index contributed by atoms with van der Waals surface area (Å²) in [5.41, 5.74) is 0.713. The maximum absolute atomic E-state index is 10.2. The zero-order chi connectivity index (χ0) is 12.0. The van der Waals surface area contributed by atoms with Crippen molar-refractivity contribution in [3.05, 3.63) is 29.8 Å². The van der Waals surface area contributed by atoms with Crippen molar-refractivity contribution in [2.24, 2.45) is 0 Å². The number of ether oxygens (including phenoxy) is 2. The Balaban J connectivity index is 0.00000256. The van der Waals surface area contributed by atoms with Crippen molar-refractivity contribution < 1.29 is 48.9 Å². The number of aliphatic carboxylic acids is 1. The summed E-state index contributed by atoms with van der Waals surface area (Å²) in [4.78, 5) is 10.2. The van der Waals surface area contributed by atoms with Gasteiger partial charge < -0.3 is 19.4 Å². The van der Waals surface area contributed by atoms with Crippen LogP contribution in [0.1, 0.15) is 12.5 Å². The normalized spacial score (nSPS) is 9.76. The molecule has 1 aromatic carbocycles. The first kappa shape index (κ1) is 16.0. The molecule has 0 saturated carbocycles. The molecule has 5 heteroatoms. The number of rotatable bonds is 5. The van der Waals surface area contributed by atoms with Crippen molar-refractivity contribution in [2.75, 3.05) is 13.7 Å². The van der Waals surface area contributed by atoms with E-state index in [1.165, 1.54) is 13.2 Å². The van der Waals surface area contributed by atoms with Gasteiger partial charge in [0.25, 0.3) is 0 Å². The number of hydrogen-bond donors (Lipinski definition) is 0. The molecule has 0 aliphatic heterocycles. The van der Waals surface area contributed by atoms with Crippen LogP contribution in [-0.4, -0.2) is 19.7 Å². The molecule has 0 spiro atoms. The van der Waals surface area contributed by atoms with Crippen LogP contribution in [0.2, 0.25) is 0 Å². The molecule has 0 fully saturated rings. The average Bonchev–Trinajstić information content (AvgIpc) is 2.28. The van der Waals surface area contributed by atoms with E-state index < -0.39 is 5.97 Å². The third-order valence-corrected chi connectivity index (χ3v) is 1.90. The molecule has 0 atom stereocenters. The Kier molecular flexibility index (Phi) is 7.70. The van der Waals surface area contributed by atoms with Crippen molar-refractivity contribution in [3.8, 4) is 11.5 Å². The summed E-state index contributed by atoms with van der Waals surface area (Å²) in [6.07, 6.45) is 2.41. The quantitative estimate of drug-likeness (QED) is 0.438. The van der Waals surface area contributed by atoms with Gasteiger partial charge in [-0.05, 0) is 30.7 Å². The number of carbonyl (C=O) groups is 1. The van der Waals surface area contributed by atoms with E-state index in [0.29, 0.717) is 23.7 Å². The monoisotopic (exact) mass is 244 g/mol. The first-order chi connectivity index (χ1) is 7.67. The van der Waals surface area contributed by atoms with Gasteiger partial charge in [-0.15, -0.1) is 0 Å². The smallest absolute Gasteiger partial charge is 0.545 e. The van der Waals surface area contributed by atoms with E-state index in [1.807, 2.05) is 6.92 Å². The second kappa shape index (κ2) is 8.17. The van der Waals surface area contributed by atoms with Crippen molar-refractivity contribution in [1.29, 1.82) is 0 Å². The molecule has 0 saturated heterocycles. The minimum atomic E-state index is -1.23. The van der Waals surface area contributed by atoms with Gasteiger partial charge in [0.2, 0.25) is 0 Å². The molecule has 0 unspecified atom stereocenters. The van der Waals surface area contributed by atoms with E-state index in [1.54, 1.807) is 18.2 Å². The molecule has 4 nitrogen and oxygen atoms in total. The largest absolute Gasteiger partial charge is 1.00 e. The van der Waals surface area contributed by atoms with Gasteiger partial charge in [-0.25, -0.2) is 0 Å². The maximum Gasteiger partial charge on any atom is 1.00 e. The molecule has 0 aliphatic rings. The van der Waals surface area contributed by atoms with Crippen molar-refractivity contribution in [3.63, 3.8) is 0 Å². The van der Waals surface area contributed by atoms with Gasteiger partial charge in [0.1, 0.15) is 0 Å². The van der Waals surface area contributed by atoms with Gasteiger partial charge in [0.15, 0.2) is 11.5 Å². The Labute approximate surface area is 123 Å². The molecule has 1 aromatic rings. The minimum absolute atomic E-state index is 0. The third-order valence-electron chi connectivity index (χ3n) is 1.90. The average molecular weight is 244 g/mol.